The summed E-state index contributed by atoms with van der Waals surface area (Å²) in [5.41, 5.74) is 1.10. The first kappa shape index (κ1) is 19.8. The number of rotatable bonds is 8. The Labute approximate surface area is 152 Å². The lowest BCUT2D eigenvalue weighted by Gasteiger charge is -2.28. The maximum atomic E-state index is 12.8. The molecule has 4 heteroatoms. The van der Waals surface area contributed by atoms with Crippen molar-refractivity contribution < 1.29 is 9.53 Å². The van der Waals surface area contributed by atoms with Gasteiger partial charge in [-0.2, -0.15) is 0 Å². The van der Waals surface area contributed by atoms with Crippen LogP contribution in [-0.4, -0.2) is 25.6 Å². The molecule has 1 heterocycles. The molecule has 0 bridgehead atoms. The van der Waals surface area contributed by atoms with Gasteiger partial charge in [-0.05, 0) is 50.3 Å². The molecule has 140 valence electrons. The Kier molecular flexibility index (Phi) is 7.76. The largest absolute Gasteiger partial charge is 0.493 e. The molecule has 1 aromatic carbocycles. The van der Waals surface area contributed by atoms with Crippen LogP contribution in [0.3, 0.4) is 0 Å². The van der Waals surface area contributed by atoms with Crippen molar-refractivity contribution in [3.05, 3.63) is 29.8 Å². The molecule has 2 N–H and O–H groups in total. The van der Waals surface area contributed by atoms with Gasteiger partial charge in [0.1, 0.15) is 5.75 Å². The minimum absolute atomic E-state index is 0.00532. The molecule has 0 radical (unpaired) electrons. The lowest BCUT2D eigenvalue weighted by molar-refractivity contribution is -0.126. The summed E-state index contributed by atoms with van der Waals surface area (Å²) >= 11 is 0. The van der Waals surface area contributed by atoms with Gasteiger partial charge in [-0.3, -0.25) is 4.79 Å². The van der Waals surface area contributed by atoms with Crippen LogP contribution in [-0.2, 0) is 4.79 Å². The fraction of sp³-hybridized carbons (Fsp3) is 0.667. The second-order valence-electron chi connectivity index (χ2n) is 7.96. The summed E-state index contributed by atoms with van der Waals surface area (Å²) in [6.07, 6.45) is 2.76. The third-order valence-electron chi connectivity index (χ3n) is 4.60. The predicted octanol–water partition coefficient (Wildman–Crippen LogP) is 3.92. The van der Waals surface area contributed by atoms with E-state index in [0.717, 1.165) is 43.7 Å². The molecule has 1 unspecified atom stereocenters. The average Bonchev–Trinajstić information content (AvgIpc) is 2.60. The number of hydrogen-bond donors (Lipinski definition) is 2. The van der Waals surface area contributed by atoms with Crippen molar-refractivity contribution in [3.63, 3.8) is 0 Å². The molecule has 1 atom stereocenters. The van der Waals surface area contributed by atoms with E-state index in [-0.39, 0.29) is 17.9 Å². The Hall–Kier alpha value is -1.55. The number of para-hydroxylation sites is 1. The van der Waals surface area contributed by atoms with Gasteiger partial charge in [0.05, 0.1) is 12.6 Å². The van der Waals surface area contributed by atoms with Gasteiger partial charge in [0.2, 0.25) is 5.91 Å². The lowest BCUT2D eigenvalue weighted by Crippen LogP contribution is -2.40. The molecule has 1 aliphatic heterocycles. The molecule has 1 fully saturated rings. The van der Waals surface area contributed by atoms with Crippen LogP contribution in [0.25, 0.3) is 0 Å². The molecule has 0 aliphatic carbocycles. The molecule has 1 amide bonds. The smallest absolute Gasteiger partial charge is 0.223 e. The van der Waals surface area contributed by atoms with Gasteiger partial charge in [0, 0.05) is 11.5 Å². The minimum atomic E-state index is 0.00532. The first-order chi connectivity index (χ1) is 12.0. The Balaban J connectivity index is 2.14. The average molecular weight is 347 g/mol. The second kappa shape index (κ2) is 9.81. The Morgan fingerprint density at radius 1 is 1.16 bits per heavy atom. The number of ether oxygens (including phenoxy) is 1. The standard InChI is InChI=1S/C21H34N2O2/c1-15(2)13-19(23-21(24)17-9-11-22-12-10-17)18-7-5-6-8-20(18)25-14-16(3)4/h5-8,15-17,19,22H,9-14H2,1-4H3,(H,23,24). The quantitative estimate of drug-likeness (QED) is 0.750. The van der Waals surface area contributed by atoms with Crippen molar-refractivity contribution in [3.8, 4) is 5.75 Å². The van der Waals surface area contributed by atoms with E-state index < -0.39 is 0 Å². The van der Waals surface area contributed by atoms with E-state index in [9.17, 15) is 4.79 Å². The predicted molar refractivity (Wildman–Crippen MR) is 103 cm³/mol. The summed E-state index contributed by atoms with van der Waals surface area (Å²) in [7, 11) is 0. The van der Waals surface area contributed by atoms with Crippen molar-refractivity contribution >= 4 is 5.91 Å². The highest BCUT2D eigenvalue weighted by atomic mass is 16.5. The molecule has 25 heavy (non-hydrogen) atoms. The Morgan fingerprint density at radius 3 is 2.48 bits per heavy atom. The van der Waals surface area contributed by atoms with Crippen LogP contribution in [0.4, 0.5) is 0 Å². The van der Waals surface area contributed by atoms with E-state index >= 15 is 0 Å². The molecule has 2 rings (SSSR count). The van der Waals surface area contributed by atoms with Gasteiger partial charge >= 0.3 is 0 Å². The van der Waals surface area contributed by atoms with Gasteiger partial charge in [-0.15, -0.1) is 0 Å². The van der Waals surface area contributed by atoms with Crippen LogP contribution in [0.15, 0.2) is 24.3 Å². The van der Waals surface area contributed by atoms with Gasteiger partial charge in [0.15, 0.2) is 0 Å². The molecule has 0 saturated carbocycles. The number of amides is 1. The molecular formula is C21H34N2O2. The zero-order valence-electron chi connectivity index (χ0n) is 16.2. The zero-order chi connectivity index (χ0) is 18.2. The molecule has 1 aromatic rings. The third kappa shape index (κ3) is 6.35. The molecule has 4 nitrogen and oxygen atoms in total. The van der Waals surface area contributed by atoms with E-state index in [2.05, 4.69) is 44.4 Å². The van der Waals surface area contributed by atoms with E-state index in [1.54, 1.807) is 0 Å². The maximum absolute atomic E-state index is 12.8. The Morgan fingerprint density at radius 2 is 1.84 bits per heavy atom. The maximum Gasteiger partial charge on any atom is 0.223 e. The lowest BCUT2D eigenvalue weighted by atomic mass is 9.93. The summed E-state index contributed by atoms with van der Waals surface area (Å²) in [6, 6.07) is 8.14. The van der Waals surface area contributed by atoms with Crippen molar-refractivity contribution in [2.24, 2.45) is 17.8 Å². The summed E-state index contributed by atoms with van der Waals surface area (Å²) in [5.74, 6) is 2.18. The summed E-state index contributed by atoms with van der Waals surface area (Å²) < 4.78 is 6.03. The zero-order valence-corrected chi connectivity index (χ0v) is 16.2. The van der Waals surface area contributed by atoms with Crippen molar-refractivity contribution in [1.29, 1.82) is 0 Å². The van der Waals surface area contributed by atoms with E-state index in [0.29, 0.717) is 18.4 Å². The van der Waals surface area contributed by atoms with Crippen molar-refractivity contribution in [2.75, 3.05) is 19.7 Å². The van der Waals surface area contributed by atoms with E-state index in [1.807, 2.05) is 18.2 Å². The normalized spacial score (nSPS) is 16.9. The number of hydrogen-bond acceptors (Lipinski definition) is 3. The van der Waals surface area contributed by atoms with Crippen LogP contribution < -0.4 is 15.4 Å². The highest BCUT2D eigenvalue weighted by Crippen LogP contribution is 2.30. The topological polar surface area (TPSA) is 50.4 Å². The molecule has 1 aliphatic rings. The summed E-state index contributed by atoms with van der Waals surface area (Å²) in [5, 5.41) is 6.64. The van der Waals surface area contributed by atoms with Gasteiger partial charge in [-0.1, -0.05) is 45.9 Å². The van der Waals surface area contributed by atoms with Crippen LogP contribution in [0.5, 0.6) is 5.75 Å². The number of carbonyl (C=O) groups is 1. The van der Waals surface area contributed by atoms with E-state index in [1.165, 1.54) is 0 Å². The van der Waals surface area contributed by atoms with E-state index in [4.69, 9.17) is 4.74 Å². The van der Waals surface area contributed by atoms with Crippen LogP contribution in [0.1, 0.15) is 58.6 Å². The monoisotopic (exact) mass is 346 g/mol. The summed E-state index contributed by atoms with van der Waals surface area (Å²) in [6.45, 7) is 11.2. The van der Waals surface area contributed by atoms with Gasteiger partial charge in [-0.25, -0.2) is 0 Å². The first-order valence-corrected chi connectivity index (χ1v) is 9.70. The number of nitrogens with one attached hydrogen (secondary N) is 2. The molecule has 1 saturated heterocycles. The summed E-state index contributed by atoms with van der Waals surface area (Å²) in [4.78, 5) is 12.8. The third-order valence-corrected chi connectivity index (χ3v) is 4.60. The number of benzene rings is 1. The van der Waals surface area contributed by atoms with Gasteiger partial charge in [0.25, 0.3) is 0 Å². The molecule has 0 spiro atoms. The fourth-order valence-electron chi connectivity index (χ4n) is 3.27. The molecular weight excluding hydrogens is 312 g/mol. The van der Waals surface area contributed by atoms with Crippen LogP contribution >= 0.6 is 0 Å². The van der Waals surface area contributed by atoms with Crippen molar-refractivity contribution in [2.45, 2.75) is 53.0 Å². The second-order valence-corrected chi connectivity index (χ2v) is 7.96. The minimum Gasteiger partial charge on any atom is -0.493 e. The van der Waals surface area contributed by atoms with Crippen molar-refractivity contribution in [1.82, 2.24) is 10.6 Å². The SMILES string of the molecule is CC(C)COc1ccccc1C(CC(C)C)NC(=O)C1CCNCC1. The first-order valence-electron chi connectivity index (χ1n) is 9.70. The highest BCUT2D eigenvalue weighted by molar-refractivity contribution is 5.79. The van der Waals surface area contributed by atoms with Gasteiger partial charge < -0.3 is 15.4 Å². The highest BCUT2D eigenvalue weighted by Gasteiger charge is 2.25. The molecule has 0 aromatic heterocycles. The Bertz CT molecular complexity index is 536. The van der Waals surface area contributed by atoms with Crippen LogP contribution in [0.2, 0.25) is 0 Å². The van der Waals surface area contributed by atoms with Crippen LogP contribution in [0, 0.1) is 17.8 Å². The number of carbonyl (C=O) groups excluding carboxylic acids is 1. The fourth-order valence-corrected chi connectivity index (χ4v) is 3.27. The number of piperidine rings is 1.